The van der Waals surface area contributed by atoms with Crippen molar-refractivity contribution in [2.45, 2.75) is 32.4 Å². The second-order valence-electron chi connectivity index (χ2n) is 4.37. The number of hydrogen-bond acceptors (Lipinski definition) is 2. The number of ether oxygens (including phenoxy) is 1. The summed E-state index contributed by atoms with van der Waals surface area (Å²) >= 11 is 5.90. The third-order valence-corrected chi connectivity index (χ3v) is 3.60. The first-order valence-electron chi connectivity index (χ1n) is 5.68. The fourth-order valence-electron chi connectivity index (χ4n) is 1.40. The summed E-state index contributed by atoms with van der Waals surface area (Å²) in [6.45, 7) is 4.72. The lowest BCUT2D eigenvalue weighted by atomic mass is 10.0. The first-order chi connectivity index (χ1) is 8.04. The fourth-order valence-corrected chi connectivity index (χ4v) is 1.69. The predicted octanol–water partition coefficient (Wildman–Crippen LogP) is 3.33. The molecule has 1 rings (SSSR count). The zero-order chi connectivity index (χ0) is 12.9. The highest BCUT2D eigenvalue weighted by Gasteiger charge is 2.19. The average Bonchev–Trinajstić information content (AvgIpc) is 2.36. The van der Waals surface area contributed by atoms with Crippen molar-refractivity contribution in [2.75, 3.05) is 13.0 Å². The molecule has 0 radical (unpaired) electrons. The van der Waals surface area contributed by atoms with Crippen molar-refractivity contribution >= 4 is 11.6 Å². The Morgan fingerprint density at radius 2 is 2.18 bits per heavy atom. The molecular formula is C13H19ClFNO. The molecule has 0 bridgehead atoms. The normalized spacial score (nSPS) is 14.4. The van der Waals surface area contributed by atoms with E-state index in [1.807, 2.05) is 6.07 Å². The summed E-state index contributed by atoms with van der Waals surface area (Å²) in [5, 5.41) is 3.34. The Morgan fingerprint density at radius 1 is 1.47 bits per heavy atom. The van der Waals surface area contributed by atoms with Crippen LogP contribution < -0.4 is 10.1 Å². The van der Waals surface area contributed by atoms with Gasteiger partial charge in [0, 0.05) is 18.0 Å². The molecule has 1 atom stereocenters. The smallest absolute Gasteiger partial charge is 0.165 e. The summed E-state index contributed by atoms with van der Waals surface area (Å²) in [7, 11) is 1.46. The standard InChI is InChI=1S/C13H19ClFNO/c1-4-13(2,9-14)16-8-10-5-6-12(17-3)11(15)7-10/h5-7,16H,4,8-9H2,1-3H3. The first kappa shape index (κ1) is 14.3. The quantitative estimate of drug-likeness (QED) is 0.792. The van der Waals surface area contributed by atoms with E-state index in [0.29, 0.717) is 12.4 Å². The van der Waals surface area contributed by atoms with Gasteiger partial charge in [-0.25, -0.2) is 4.39 Å². The van der Waals surface area contributed by atoms with E-state index in [1.54, 1.807) is 6.07 Å². The van der Waals surface area contributed by atoms with Crippen LogP contribution in [0.15, 0.2) is 18.2 Å². The summed E-state index contributed by atoms with van der Waals surface area (Å²) in [4.78, 5) is 0. The molecule has 1 unspecified atom stereocenters. The molecule has 0 aromatic heterocycles. The van der Waals surface area contributed by atoms with Gasteiger partial charge in [0.25, 0.3) is 0 Å². The number of nitrogens with one attached hydrogen (secondary N) is 1. The van der Waals surface area contributed by atoms with E-state index >= 15 is 0 Å². The molecule has 0 saturated carbocycles. The summed E-state index contributed by atoms with van der Waals surface area (Å²) < 4.78 is 18.3. The molecule has 0 spiro atoms. The molecule has 96 valence electrons. The predicted molar refractivity (Wildman–Crippen MR) is 69.2 cm³/mol. The van der Waals surface area contributed by atoms with E-state index in [1.165, 1.54) is 13.2 Å². The second-order valence-corrected chi connectivity index (χ2v) is 4.64. The Bertz CT molecular complexity index is 366. The largest absolute Gasteiger partial charge is 0.494 e. The van der Waals surface area contributed by atoms with Crippen molar-refractivity contribution in [3.8, 4) is 5.75 Å². The van der Waals surface area contributed by atoms with Gasteiger partial charge < -0.3 is 10.1 Å². The van der Waals surface area contributed by atoms with E-state index in [4.69, 9.17) is 16.3 Å². The van der Waals surface area contributed by atoms with Crippen LogP contribution in [0.2, 0.25) is 0 Å². The van der Waals surface area contributed by atoms with Gasteiger partial charge in [0.2, 0.25) is 0 Å². The molecule has 0 aliphatic heterocycles. The number of methoxy groups -OCH3 is 1. The lowest BCUT2D eigenvalue weighted by molar-refractivity contribution is 0.375. The molecule has 1 N–H and O–H groups in total. The fraction of sp³-hybridized carbons (Fsp3) is 0.538. The molecule has 0 aliphatic rings. The van der Waals surface area contributed by atoms with Crippen LogP contribution in [0.4, 0.5) is 4.39 Å². The van der Waals surface area contributed by atoms with Crippen LogP contribution in [-0.2, 0) is 6.54 Å². The zero-order valence-electron chi connectivity index (χ0n) is 10.5. The maximum absolute atomic E-state index is 13.5. The van der Waals surface area contributed by atoms with Gasteiger partial charge in [-0.2, -0.15) is 0 Å². The molecule has 17 heavy (non-hydrogen) atoms. The third-order valence-electron chi connectivity index (χ3n) is 3.01. The number of benzene rings is 1. The molecule has 0 heterocycles. The monoisotopic (exact) mass is 259 g/mol. The summed E-state index contributed by atoms with van der Waals surface area (Å²) in [5.74, 6) is 0.461. The van der Waals surface area contributed by atoms with Crippen LogP contribution >= 0.6 is 11.6 Å². The van der Waals surface area contributed by atoms with Crippen LogP contribution in [0, 0.1) is 5.82 Å². The summed E-state index contributed by atoms with van der Waals surface area (Å²) in [6.07, 6.45) is 0.926. The van der Waals surface area contributed by atoms with Gasteiger partial charge in [0.15, 0.2) is 11.6 Å². The van der Waals surface area contributed by atoms with Crippen molar-refractivity contribution in [1.82, 2.24) is 5.32 Å². The Kier molecular flexibility index (Phi) is 5.22. The maximum atomic E-state index is 13.5. The van der Waals surface area contributed by atoms with Gasteiger partial charge in [-0.05, 0) is 31.0 Å². The van der Waals surface area contributed by atoms with Gasteiger partial charge in [0.05, 0.1) is 7.11 Å². The molecule has 2 nitrogen and oxygen atoms in total. The Labute approximate surface area is 107 Å². The molecule has 0 aliphatic carbocycles. The van der Waals surface area contributed by atoms with Gasteiger partial charge in [-0.3, -0.25) is 0 Å². The van der Waals surface area contributed by atoms with Crippen LogP contribution in [-0.4, -0.2) is 18.5 Å². The van der Waals surface area contributed by atoms with Crippen molar-refractivity contribution in [3.63, 3.8) is 0 Å². The topological polar surface area (TPSA) is 21.3 Å². The van der Waals surface area contributed by atoms with Gasteiger partial charge in [-0.1, -0.05) is 13.0 Å². The first-order valence-corrected chi connectivity index (χ1v) is 6.21. The average molecular weight is 260 g/mol. The Morgan fingerprint density at radius 3 is 2.65 bits per heavy atom. The zero-order valence-corrected chi connectivity index (χ0v) is 11.3. The van der Waals surface area contributed by atoms with Crippen LogP contribution in [0.25, 0.3) is 0 Å². The molecular weight excluding hydrogens is 241 g/mol. The highest BCUT2D eigenvalue weighted by atomic mass is 35.5. The maximum Gasteiger partial charge on any atom is 0.165 e. The number of halogens is 2. The minimum Gasteiger partial charge on any atom is -0.494 e. The highest BCUT2D eigenvalue weighted by molar-refractivity contribution is 6.18. The van der Waals surface area contributed by atoms with Crippen molar-refractivity contribution in [3.05, 3.63) is 29.6 Å². The van der Waals surface area contributed by atoms with E-state index in [2.05, 4.69) is 19.2 Å². The minimum absolute atomic E-state index is 0.113. The molecule has 0 fully saturated rings. The molecule has 0 amide bonds. The molecule has 0 saturated heterocycles. The Hall–Kier alpha value is -0.800. The van der Waals surface area contributed by atoms with Crippen molar-refractivity contribution in [2.24, 2.45) is 0 Å². The van der Waals surface area contributed by atoms with Gasteiger partial charge >= 0.3 is 0 Å². The minimum atomic E-state index is -0.337. The summed E-state index contributed by atoms with van der Waals surface area (Å²) in [6, 6.07) is 4.96. The van der Waals surface area contributed by atoms with Crippen LogP contribution in [0.3, 0.4) is 0 Å². The van der Waals surface area contributed by atoms with Crippen molar-refractivity contribution in [1.29, 1.82) is 0 Å². The van der Waals surface area contributed by atoms with Gasteiger partial charge in [0.1, 0.15) is 0 Å². The SMILES string of the molecule is CCC(C)(CCl)NCc1ccc(OC)c(F)c1. The lowest BCUT2D eigenvalue weighted by Gasteiger charge is -2.27. The van der Waals surface area contributed by atoms with E-state index in [-0.39, 0.29) is 17.1 Å². The second kappa shape index (κ2) is 6.22. The van der Waals surface area contributed by atoms with E-state index in [0.717, 1.165) is 12.0 Å². The summed E-state index contributed by atoms with van der Waals surface area (Å²) in [5.41, 5.74) is 0.769. The number of hydrogen-bond donors (Lipinski definition) is 1. The molecule has 1 aromatic rings. The lowest BCUT2D eigenvalue weighted by Crippen LogP contribution is -2.42. The van der Waals surface area contributed by atoms with E-state index in [9.17, 15) is 4.39 Å². The van der Waals surface area contributed by atoms with Gasteiger partial charge in [-0.15, -0.1) is 11.6 Å². The van der Waals surface area contributed by atoms with Crippen LogP contribution in [0.1, 0.15) is 25.8 Å². The molecule has 1 aromatic carbocycles. The van der Waals surface area contributed by atoms with Crippen molar-refractivity contribution < 1.29 is 9.13 Å². The number of alkyl halides is 1. The number of rotatable bonds is 6. The highest BCUT2D eigenvalue weighted by Crippen LogP contribution is 2.19. The third kappa shape index (κ3) is 3.86. The van der Waals surface area contributed by atoms with Crippen LogP contribution in [0.5, 0.6) is 5.75 Å². The van der Waals surface area contributed by atoms with E-state index < -0.39 is 0 Å². The Balaban J connectivity index is 2.67. The molecule has 4 heteroatoms.